The van der Waals surface area contributed by atoms with E-state index in [-0.39, 0.29) is 11.4 Å². The van der Waals surface area contributed by atoms with Gasteiger partial charge >= 0.3 is 5.97 Å². The Morgan fingerprint density at radius 2 is 1.94 bits per heavy atom. The highest BCUT2D eigenvalue weighted by Crippen LogP contribution is 2.18. The van der Waals surface area contributed by atoms with Crippen LogP contribution in [-0.4, -0.2) is 43.7 Å². The molecule has 0 aliphatic heterocycles. The predicted octanol–water partition coefficient (Wildman–Crippen LogP) is 1.64. The smallest absolute Gasteiger partial charge is 0.320 e. The van der Waals surface area contributed by atoms with Gasteiger partial charge in [0.15, 0.2) is 0 Å². The van der Waals surface area contributed by atoms with Crippen LogP contribution < -0.4 is 5.73 Å². The molecule has 0 radical (unpaired) electrons. The summed E-state index contributed by atoms with van der Waals surface area (Å²) in [5.74, 6) is -0.133. The predicted molar refractivity (Wildman–Crippen MR) is 70.8 cm³/mol. The molecule has 0 saturated carbocycles. The van der Waals surface area contributed by atoms with Crippen molar-refractivity contribution in [1.82, 2.24) is 4.90 Å². The highest BCUT2D eigenvalue weighted by Gasteiger charge is 2.18. The van der Waals surface area contributed by atoms with E-state index in [0.29, 0.717) is 19.7 Å². The van der Waals surface area contributed by atoms with Gasteiger partial charge in [0.2, 0.25) is 0 Å². The van der Waals surface area contributed by atoms with Gasteiger partial charge in [-0.2, -0.15) is 0 Å². The third-order valence-electron chi connectivity index (χ3n) is 2.86. The van der Waals surface area contributed by atoms with Crippen molar-refractivity contribution in [2.24, 2.45) is 11.1 Å². The van der Waals surface area contributed by atoms with E-state index in [4.69, 9.17) is 10.5 Å². The van der Waals surface area contributed by atoms with Gasteiger partial charge in [-0.05, 0) is 44.8 Å². The van der Waals surface area contributed by atoms with E-state index in [9.17, 15) is 4.79 Å². The van der Waals surface area contributed by atoms with Crippen LogP contribution in [0.2, 0.25) is 0 Å². The van der Waals surface area contributed by atoms with Gasteiger partial charge in [-0.25, -0.2) is 0 Å². The van der Waals surface area contributed by atoms with Gasteiger partial charge in [0.25, 0.3) is 0 Å². The third kappa shape index (κ3) is 8.16. The fourth-order valence-electron chi connectivity index (χ4n) is 1.54. The lowest BCUT2D eigenvalue weighted by atomic mass is 9.89. The lowest BCUT2D eigenvalue weighted by Crippen LogP contribution is -2.36. The van der Waals surface area contributed by atoms with Gasteiger partial charge in [-0.15, -0.1) is 0 Å². The molecule has 0 atom stereocenters. The number of ether oxygens (including phenoxy) is 1. The number of nitrogens with two attached hydrogens (primary N) is 1. The van der Waals surface area contributed by atoms with Gasteiger partial charge in [-0.1, -0.05) is 20.8 Å². The van der Waals surface area contributed by atoms with Crippen LogP contribution in [0.15, 0.2) is 0 Å². The van der Waals surface area contributed by atoms with Gasteiger partial charge in [0.05, 0.1) is 13.2 Å². The molecule has 102 valence electrons. The minimum absolute atomic E-state index is 0.133. The molecule has 0 amide bonds. The maximum absolute atomic E-state index is 11.4. The molecule has 0 aromatic carbocycles. The van der Waals surface area contributed by atoms with Crippen molar-refractivity contribution < 1.29 is 9.53 Å². The highest BCUT2D eigenvalue weighted by molar-refractivity contribution is 5.71. The summed E-state index contributed by atoms with van der Waals surface area (Å²) in [5.41, 5.74) is 5.84. The van der Waals surface area contributed by atoms with Gasteiger partial charge < -0.3 is 10.5 Å². The molecule has 17 heavy (non-hydrogen) atoms. The average molecular weight is 244 g/mol. The van der Waals surface area contributed by atoms with Crippen LogP contribution in [0, 0.1) is 5.41 Å². The first-order chi connectivity index (χ1) is 7.95. The molecule has 4 nitrogen and oxygen atoms in total. The normalized spacial score (nSPS) is 11.9. The van der Waals surface area contributed by atoms with Gasteiger partial charge in [0.1, 0.15) is 0 Å². The molecule has 0 bridgehead atoms. The fourth-order valence-corrected chi connectivity index (χ4v) is 1.54. The van der Waals surface area contributed by atoms with E-state index in [1.165, 1.54) is 0 Å². The van der Waals surface area contributed by atoms with Gasteiger partial charge in [0, 0.05) is 0 Å². The summed E-state index contributed by atoms with van der Waals surface area (Å²) in [7, 11) is 0. The van der Waals surface area contributed by atoms with Crippen LogP contribution in [0.1, 0.15) is 40.5 Å². The number of esters is 1. The lowest BCUT2D eigenvalue weighted by Gasteiger charge is -2.27. The highest BCUT2D eigenvalue weighted by atomic mass is 16.5. The first kappa shape index (κ1) is 16.4. The zero-order valence-electron chi connectivity index (χ0n) is 11.8. The minimum Gasteiger partial charge on any atom is -0.465 e. The maximum atomic E-state index is 11.4. The number of carbonyl (C=O) groups is 1. The van der Waals surface area contributed by atoms with Crippen molar-refractivity contribution >= 4 is 5.97 Å². The first-order valence-corrected chi connectivity index (χ1v) is 6.53. The van der Waals surface area contributed by atoms with E-state index >= 15 is 0 Å². The quantitative estimate of drug-likeness (QED) is 0.626. The molecule has 0 fully saturated rings. The maximum Gasteiger partial charge on any atom is 0.320 e. The van der Waals surface area contributed by atoms with E-state index in [2.05, 4.69) is 25.7 Å². The summed E-state index contributed by atoms with van der Waals surface area (Å²) in [6.07, 6.45) is 2.05. The van der Waals surface area contributed by atoms with Crippen LogP contribution in [0.25, 0.3) is 0 Å². The van der Waals surface area contributed by atoms with Crippen LogP contribution in [0.4, 0.5) is 0 Å². The summed E-state index contributed by atoms with van der Waals surface area (Å²) < 4.78 is 4.97. The third-order valence-corrected chi connectivity index (χ3v) is 2.86. The Bertz CT molecular complexity index is 217. The molecule has 0 heterocycles. The molecular weight excluding hydrogens is 216 g/mol. The molecule has 4 heteroatoms. The van der Waals surface area contributed by atoms with Crippen LogP contribution in [-0.2, 0) is 9.53 Å². The molecule has 2 N–H and O–H groups in total. The molecule has 0 aromatic rings. The van der Waals surface area contributed by atoms with Crippen LogP contribution in [0.3, 0.4) is 0 Å². The lowest BCUT2D eigenvalue weighted by molar-refractivity contribution is -0.144. The number of carbonyl (C=O) groups excluding carboxylic acids is 1. The minimum atomic E-state index is -0.133. The molecule has 0 aromatic heterocycles. The second-order valence-corrected chi connectivity index (χ2v) is 5.20. The van der Waals surface area contributed by atoms with E-state index < -0.39 is 0 Å². The zero-order valence-corrected chi connectivity index (χ0v) is 11.8. The van der Waals surface area contributed by atoms with E-state index in [1.807, 2.05) is 6.92 Å². The van der Waals surface area contributed by atoms with E-state index in [0.717, 1.165) is 25.9 Å². The second kappa shape index (κ2) is 8.48. The van der Waals surface area contributed by atoms with Gasteiger partial charge in [-0.3, -0.25) is 9.69 Å². The standard InChI is InChI=1S/C13H28N2O2/c1-5-8-15(10-12(16)17-6-2)9-7-13(3,4)11-14/h5-11,14H2,1-4H3. The second-order valence-electron chi connectivity index (χ2n) is 5.20. The largest absolute Gasteiger partial charge is 0.465 e. The van der Waals surface area contributed by atoms with Crippen molar-refractivity contribution in [1.29, 1.82) is 0 Å². The monoisotopic (exact) mass is 244 g/mol. The van der Waals surface area contributed by atoms with Crippen LogP contribution >= 0.6 is 0 Å². The molecule has 0 spiro atoms. The Morgan fingerprint density at radius 1 is 1.29 bits per heavy atom. The zero-order chi connectivity index (χ0) is 13.3. The van der Waals surface area contributed by atoms with Crippen molar-refractivity contribution in [2.75, 3.05) is 32.8 Å². The molecular formula is C13H28N2O2. The Labute approximate surface area is 105 Å². The molecule has 0 aliphatic carbocycles. The fraction of sp³-hybridized carbons (Fsp3) is 0.923. The Hall–Kier alpha value is -0.610. The molecule has 0 rings (SSSR count). The number of hydrogen-bond donors (Lipinski definition) is 1. The summed E-state index contributed by atoms with van der Waals surface area (Å²) in [4.78, 5) is 13.6. The summed E-state index contributed by atoms with van der Waals surface area (Å²) in [5, 5.41) is 0. The van der Waals surface area contributed by atoms with Crippen molar-refractivity contribution in [3.63, 3.8) is 0 Å². The van der Waals surface area contributed by atoms with Crippen molar-refractivity contribution in [3.05, 3.63) is 0 Å². The summed E-state index contributed by atoms with van der Waals surface area (Å²) in [6.45, 7) is 11.6. The Kier molecular flexibility index (Phi) is 8.17. The van der Waals surface area contributed by atoms with Crippen molar-refractivity contribution in [2.45, 2.75) is 40.5 Å². The molecule has 0 aliphatic rings. The number of hydrogen-bond acceptors (Lipinski definition) is 4. The number of nitrogens with zero attached hydrogens (tertiary/aromatic N) is 1. The SMILES string of the molecule is CCCN(CCC(C)(C)CN)CC(=O)OCC. The number of rotatable bonds is 9. The Morgan fingerprint density at radius 3 is 2.41 bits per heavy atom. The van der Waals surface area contributed by atoms with Crippen LogP contribution in [0.5, 0.6) is 0 Å². The average Bonchev–Trinajstić information content (AvgIpc) is 2.27. The van der Waals surface area contributed by atoms with Crippen molar-refractivity contribution in [3.8, 4) is 0 Å². The molecule has 0 unspecified atom stereocenters. The summed E-state index contributed by atoms with van der Waals surface area (Å²) in [6, 6.07) is 0. The molecule has 0 saturated heterocycles. The van der Waals surface area contributed by atoms with E-state index in [1.54, 1.807) is 0 Å². The Balaban J connectivity index is 4.10. The first-order valence-electron chi connectivity index (χ1n) is 6.53. The topological polar surface area (TPSA) is 55.6 Å². The summed E-state index contributed by atoms with van der Waals surface area (Å²) >= 11 is 0.